The highest BCUT2D eigenvalue weighted by molar-refractivity contribution is 6.33. The van der Waals surface area contributed by atoms with E-state index in [1.807, 2.05) is 42.5 Å². The third kappa shape index (κ3) is 3.84. The zero-order valence-electron chi connectivity index (χ0n) is 16.4. The Bertz CT molecular complexity index is 1200. The topological polar surface area (TPSA) is 54.5 Å². The minimum absolute atomic E-state index is 0.207. The molecule has 0 atom stereocenters. The first kappa shape index (κ1) is 20.2. The fourth-order valence-electron chi connectivity index (χ4n) is 3.39. The Balaban J connectivity index is 1.94. The lowest BCUT2D eigenvalue weighted by Gasteiger charge is -2.10. The van der Waals surface area contributed by atoms with E-state index in [1.54, 1.807) is 38.5 Å². The second kappa shape index (κ2) is 8.34. The van der Waals surface area contributed by atoms with Crippen molar-refractivity contribution in [2.75, 3.05) is 14.2 Å². The quantitative estimate of drug-likeness (QED) is 0.350. The van der Waals surface area contributed by atoms with E-state index in [2.05, 4.69) is 4.98 Å². The van der Waals surface area contributed by atoms with Crippen LogP contribution < -0.4 is 9.47 Å². The van der Waals surface area contributed by atoms with Crippen LogP contribution in [0, 0.1) is 0 Å². The predicted octanol–water partition coefficient (Wildman–Crippen LogP) is 7.05. The van der Waals surface area contributed by atoms with Crippen LogP contribution in [0.25, 0.3) is 33.6 Å². The van der Waals surface area contributed by atoms with Gasteiger partial charge in [0.1, 0.15) is 17.2 Å². The SMILES string of the molecule is COc1ccc(-c2cc(-c3ccc(O)cc3)c(-c3ccc(Cl)cc3OC)[nH]2)c(Cl)c1. The third-order valence-corrected chi connectivity index (χ3v) is 5.44. The number of aromatic amines is 1. The van der Waals surface area contributed by atoms with Crippen LogP contribution in [0.2, 0.25) is 10.0 Å². The van der Waals surface area contributed by atoms with Gasteiger partial charge in [-0.3, -0.25) is 0 Å². The lowest BCUT2D eigenvalue weighted by atomic mass is 10.0. The highest BCUT2D eigenvalue weighted by Crippen LogP contribution is 2.42. The highest BCUT2D eigenvalue weighted by Gasteiger charge is 2.18. The van der Waals surface area contributed by atoms with E-state index in [1.165, 1.54) is 0 Å². The Morgan fingerprint density at radius 2 is 1.50 bits per heavy atom. The number of phenols is 1. The number of benzene rings is 3. The van der Waals surface area contributed by atoms with Crippen molar-refractivity contribution in [3.63, 3.8) is 0 Å². The molecule has 30 heavy (non-hydrogen) atoms. The molecule has 0 aliphatic carbocycles. The van der Waals surface area contributed by atoms with Gasteiger partial charge < -0.3 is 19.6 Å². The Morgan fingerprint density at radius 1 is 0.767 bits per heavy atom. The summed E-state index contributed by atoms with van der Waals surface area (Å²) in [6, 6.07) is 20.1. The van der Waals surface area contributed by atoms with Crippen molar-refractivity contribution in [3.05, 3.63) is 76.8 Å². The first-order valence-electron chi connectivity index (χ1n) is 9.20. The van der Waals surface area contributed by atoms with E-state index in [4.69, 9.17) is 32.7 Å². The van der Waals surface area contributed by atoms with Crippen LogP contribution in [0.15, 0.2) is 66.7 Å². The average Bonchev–Trinajstić information content (AvgIpc) is 3.18. The van der Waals surface area contributed by atoms with Crippen molar-refractivity contribution in [1.29, 1.82) is 0 Å². The number of phenolic OH excluding ortho intramolecular Hbond substituents is 1. The normalized spacial score (nSPS) is 10.8. The lowest BCUT2D eigenvalue weighted by molar-refractivity contribution is 0.415. The molecule has 1 aromatic heterocycles. The number of rotatable bonds is 5. The maximum atomic E-state index is 9.70. The molecule has 0 unspecified atom stereocenters. The molecule has 0 spiro atoms. The molecular formula is C24H19Cl2NO3. The largest absolute Gasteiger partial charge is 0.508 e. The van der Waals surface area contributed by atoms with Crippen LogP contribution in [-0.4, -0.2) is 24.3 Å². The standard InChI is InChI=1S/C24H19Cl2NO3/c1-29-17-8-10-18(21(26)12-17)22-13-20(14-3-6-16(28)7-4-14)24(27-22)19-9-5-15(25)11-23(19)30-2/h3-13,27-28H,1-2H3. The predicted molar refractivity (Wildman–Crippen MR) is 122 cm³/mol. The zero-order chi connectivity index (χ0) is 21.3. The second-order valence-corrected chi connectivity index (χ2v) is 7.55. The summed E-state index contributed by atoms with van der Waals surface area (Å²) >= 11 is 12.7. The summed E-state index contributed by atoms with van der Waals surface area (Å²) in [5.41, 5.74) is 5.29. The molecule has 2 N–H and O–H groups in total. The Morgan fingerprint density at radius 3 is 2.17 bits per heavy atom. The van der Waals surface area contributed by atoms with Gasteiger partial charge in [-0.2, -0.15) is 0 Å². The molecule has 6 heteroatoms. The summed E-state index contributed by atoms with van der Waals surface area (Å²) < 4.78 is 10.8. The molecule has 1 heterocycles. The lowest BCUT2D eigenvalue weighted by Crippen LogP contribution is -1.90. The van der Waals surface area contributed by atoms with Gasteiger partial charge in [0, 0.05) is 27.4 Å². The van der Waals surface area contributed by atoms with E-state index in [0.29, 0.717) is 21.5 Å². The molecule has 0 aliphatic rings. The molecule has 3 aromatic carbocycles. The van der Waals surface area contributed by atoms with Crippen LogP contribution in [0.3, 0.4) is 0 Å². The van der Waals surface area contributed by atoms with Gasteiger partial charge in [-0.1, -0.05) is 35.3 Å². The number of hydrogen-bond acceptors (Lipinski definition) is 3. The van der Waals surface area contributed by atoms with Crippen LogP contribution in [0.1, 0.15) is 0 Å². The number of ether oxygens (including phenoxy) is 2. The molecule has 4 rings (SSSR count). The van der Waals surface area contributed by atoms with E-state index in [9.17, 15) is 5.11 Å². The molecule has 0 radical (unpaired) electrons. The molecule has 0 fully saturated rings. The molecule has 0 saturated heterocycles. The van der Waals surface area contributed by atoms with Gasteiger partial charge in [0.2, 0.25) is 0 Å². The molecule has 0 bridgehead atoms. The summed E-state index contributed by atoms with van der Waals surface area (Å²) in [5, 5.41) is 10.9. The van der Waals surface area contributed by atoms with Gasteiger partial charge in [-0.25, -0.2) is 0 Å². The first-order valence-corrected chi connectivity index (χ1v) is 9.96. The summed E-state index contributed by atoms with van der Waals surface area (Å²) in [4.78, 5) is 3.49. The number of methoxy groups -OCH3 is 2. The fraction of sp³-hybridized carbons (Fsp3) is 0.0833. The maximum Gasteiger partial charge on any atom is 0.129 e. The molecule has 0 aliphatic heterocycles. The smallest absolute Gasteiger partial charge is 0.129 e. The monoisotopic (exact) mass is 439 g/mol. The van der Waals surface area contributed by atoms with Crippen LogP contribution in [0.4, 0.5) is 0 Å². The van der Waals surface area contributed by atoms with E-state index in [-0.39, 0.29) is 5.75 Å². The number of H-pyrrole nitrogens is 1. The Kier molecular flexibility index (Phi) is 5.62. The summed E-state index contributed by atoms with van der Waals surface area (Å²) in [5.74, 6) is 1.55. The molecule has 0 amide bonds. The van der Waals surface area contributed by atoms with E-state index >= 15 is 0 Å². The fourth-order valence-corrected chi connectivity index (χ4v) is 3.83. The van der Waals surface area contributed by atoms with Crippen molar-refractivity contribution in [2.45, 2.75) is 0 Å². The molecule has 4 aromatic rings. The van der Waals surface area contributed by atoms with E-state index in [0.717, 1.165) is 33.6 Å². The van der Waals surface area contributed by atoms with Gasteiger partial charge in [-0.05, 0) is 60.2 Å². The third-order valence-electron chi connectivity index (χ3n) is 4.90. The van der Waals surface area contributed by atoms with Crippen LogP contribution in [0.5, 0.6) is 17.2 Å². The summed E-state index contributed by atoms with van der Waals surface area (Å²) in [6.45, 7) is 0. The average molecular weight is 440 g/mol. The Hall–Kier alpha value is -3.08. The number of nitrogens with one attached hydrogen (secondary N) is 1. The molecule has 4 nitrogen and oxygen atoms in total. The molecule has 0 saturated carbocycles. The number of hydrogen-bond donors (Lipinski definition) is 2. The van der Waals surface area contributed by atoms with Crippen LogP contribution >= 0.6 is 23.2 Å². The van der Waals surface area contributed by atoms with Gasteiger partial charge in [0.25, 0.3) is 0 Å². The van der Waals surface area contributed by atoms with Crippen molar-refractivity contribution >= 4 is 23.2 Å². The highest BCUT2D eigenvalue weighted by atomic mass is 35.5. The number of aromatic hydroxyl groups is 1. The first-order chi connectivity index (χ1) is 14.5. The minimum atomic E-state index is 0.207. The second-order valence-electron chi connectivity index (χ2n) is 6.71. The van der Waals surface area contributed by atoms with Gasteiger partial charge in [-0.15, -0.1) is 0 Å². The number of aromatic nitrogens is 1. The van der Waals surface area contributed by atoms with Crippen molar-refractivity contribution in [3.8, 4) is 50.9 Å². The Labute approximate surface area is 184 Å². The number of halogens is 2. The van der Waals surface area contributed by atoms with Gasteiger partial charge in [0.15, 0.2) is 0 Å². The minimum Gasteiger partial charge on any atom is -0.508 e. The summed E-state index contributed by atoms with van der Waals surface area (Å²) in [6.07, 6.45) is 0. The molecule has 152 valence electrons. The summed E-state index contributed by atoms with van der Waals surface area (Å²) in [7, 11) is 3.22. The van der Waals surface area contributed by atoms with Crippen LogP contribution in [-0.2, 0) is 0 Å². The molecular weight excluding hydrogens is 421 g/mol. The van der Waals surface area contributed by atoms with Gasteiger partial charge >= 0.3 is 0 Å². The maximum absolute atomic E-state index is 9.70. The van der Waals surface area contributed by atoms with Crippen molar-refractivity contribution < 1.29 is 14.6 Å². The zero-order valence-corrected chi connectivity index (χ0v) is 17.9. The van der Waals surface area contributed by atoms with Crippen molar-refractivity contribution in [1.82, 2.24) is 4.98 Å². The van der Waals surface area contributed by atoms with Gasteiger partial charge in [0.05, 0.1) is 24.9 Å². The van der Waals surface area contributed by atoms with Crippen molar-refractivity contribution in [2.24, 2.45) is 0 Å². The van der Waals surface area contributed by atoms with E-state index < -0.39 is 0 Å².